The summed E-state index contributed by atoms with van der Waals surface area (Å²) in [5.74, 6) is -0.252. The van der Waals surface area contributed by atoms with E-state index < -0.39 is 0 Å². The van der Waals surface area contributed by atoms with E-state index in [1.807, 2.05) is 23.0 Å². The van der Waals surface area contributed by atoms with E-state index in [2.05, 4.69) is 24.0 Å². The molecule has 140 valence electrons. The lowest BCUT2D eigenvalue weighted by atomic mass is 10.1. The summed E-state index contributed by atoms with van der Waals surface area (Å²) in [5, 5.41) is 14.8. The highest BCUT2D eigenvalue weighted by Gasteiger charge is 2.21. The van der Waals surface area contributed by atoms with Crippen LogP contribution in [0.4, 0.5) is 4.39 Å². The van der Waals surface area contributed by atoms with Crippen molar-refractivity contribution in [3.63, 3.8) is 0 Å². The molecule has 4 rings (SSSR count). The number of piperidine rings is 1. The van der Waals surface area contributed by atoms with Crippen molar-refractivity contribution in [3.05, 3.63) is 71.7 Å². The molecule has 1 aliphatic rings. The molecule has 0 saturated carbocycles. The van der Waals surface area contributed by atoms with Gasteiger partial charge in [-0.1, -0.05) is 17.7 Å². The number of hydrogen-bond acceptors (Lipinski definition) is 3. The lowest BCUT2D eigenvalue weighted by Gasteiger charge is -2.29. The quantitative estimate of drug-likeness (QED) is 0.761. The molecule has 4 nitrogen and oxygen atoms in total. The molecule has 3 aromatic rings. The van der Waals surface area contributed by atoms with Gasteiger partial charge in [-0.25, -0.2) is 9.07 Å². The standard InChI is InChI=1S/C22H24FN3O/c1-16-4-10-20(11-5-16)26-14-18(13-25-12-2-3-21(27)15-25)22(24-26)17-6-8-19(23)9-7-17/h4-11,14,21,27H,2-3,12-13,15H2,1H3. The van der Waals surface area contributed by atoms with Crippen LogP contribution in [-0.4, -0.2) is 39.0 Å². The van der Waals surface area contributed by atoms with E-state index in [1.165, 1.54) is 17.7 Å². The topological polar surface area (TPSA) is 41.3 Å². The number of aliphatic hydroxyl groups excluding tert-OH is 1. The summed E-state index contributed by atoms with van der Waals surface area (Å²) in [7, 11) is 0. The Morgan fingerprint density at radius 3 is 2.56 bits per heavy atom. The number of rotatable bonds is 4. The fraction of sp³-hybridized carbons (Fsp3) is 0.318. The van der Waals surface area contributed by atoms with Gasteiger partial charge in [0.1, 0.15) is 5.82 Å². The van der Waals surface area contributed by atoms with Crippen molar-refractivity contribution in [2.24, 2.45) is 0 Å². The van der Waals surface area contributed by atoms with E-state index in [4.69, 9.17) is 5.10 Å². The van der Waals surface area contributed by atoms with Crippen molar-refractivity contribution in [1.82, 2.24) is 14.7 Å². The molecule has 1 aromatic heterocycles. The van der Waals surface area contributed by atoms with Crippen molar-refractivity contribution < 1.29 is 9.50 Å². The predicted octanol–water partition coefficient (Wildman–Crippen LogP) is 3.94. The lowest BCUT2D eigenvalue weighted by Crippen LogP contribution is -2.37. The molecule has 5 heteroatoms. The number of aromatic nitrogens is 2. The second-order valence-electron chi connectivity index (χ2n) is 7.32. The van der Waals surface area contributed by atoms with Gasteiger partial charge in [-0.3, -0.25) is 4.90 Å². The zero-order valence-corrected chi connectivity index (χ0v) is 15.5. The average Bonchev–Trinajstić information content (AvgIpc) is 3.07. The Hall–Kier alpha value is -2.50. The molecule has 1 fully saturated rings. The first kappa shape index (κ1) is 17.9. The number of benzene rings is 2. The van der Waals surface area contributed by atoms with Gasteiger partial charge in [0.05, 0.1) is 17.5 Å². The van der Waals surface area contributed by atoms with Gasteiger partial charge in [-0.2, -0.15) is 5.10 Å². The van der Waals surface area contributed by atoms with Crippen LogP contribution in [0.1, 0.15) is 24.0 Å². The van der Waals surface area contributed by atoms with Crippen molar-refractivity contribution in [1.29, 1.82) is 0 Å². The summed E-state index contributed by atoms with van der Waals surface area (Å²) in [4.78, 5) is 2.26. The Labute approximate surface area is 158 Å². The molecular weight excluding hydrogens is 341 g/mol. The Balaban J connectivity index is 1.70. The molecule has 1 N–H and O–H groups in total. The van der Waals surface area contributed by atoms with Crippen LogP contribution in [0, 0.1) is 12.7 Å². The Kier molecular flexibility index (Phi) is 5.05. The normalized spacial score (nSPS) is 18.0. The van der Waals surface area contributed by atoms with E-state index in [9.17, 15) is 9.50 Å². The first-order valence-corrected chi connectivity index (χ1v) is 9.40. The highest BCUT2D eigenvalue weighted by molar-refractivity contribution is 5.63. The van der Waals surface area contributed by atoms with Gasteiger partial charge >= 0.3 is 0 Å². The minimum atomic E-state index is -0.264. The monoisotopic (exact) mass is 365 g/mol. The van der Waals surface area contributed by atoms with Crippen molar-refractivity contribution in [2.75, 3.05) is 13.1 Å². The maximum atomic E-state index is 13.4. The smallest absolute Gasteiger partial charge is 0.123 e. The molecule has 1 aliphatic heterocycles. The van der Waals surface area contributed by atoms with Crippen molar-refractivity contribution >= 4 is 0 Å². The molecule has 1 atom stereocenters. The van der Waals surface area contributed by atoms with Gasteiger partial charge in [-0.05, 0) is 62.7 Å². The van der Waals surface area contributed by atoms with Crippen LogP contribution in [0.15, 0.2) is 54.7 Å². The number of β-amino-alcohol motifs (C(OH)–C–C–N with tert-alkyl or cyclic N) is 1. The van der Waals surface area contributed by atoms with Crippen LogP contribution in [0.25, 0.3) is 16.9 Å². The molecule has 0 bridgehead atoms. The molecule has 27 heavy (non-hydrogen) atoms. The van der Waals surface area contributed by atoms with E-state index in [1.54, 1.807) is 12.1 Å². The average molecular weight is 365 g/mol. The third-order valence-electron chi connectivity index (χ3n) is 5.08. The first-order chi connectivity index (χ1) is 13.1. The molecule has 0 spiro atoms. The van der Waals surface area contributed by atoms with Crippen LogP contribution in [-0.2, 0) is 6.54 Å². The van der Waals surface area contributed by atoms with E-state index in [0.717, 1.165) is 48.4 Å². The molecule has 0 radical (unpaired) electrons. The molecule has 0 amide bonds. The number of halogens is 1. The SMILES string of the molecule is Cc1ccc(-n2cc(CN3CCCC(O)C3)c(-c3ccc(F)cc3)n2)cc1. The number of aliphatic hydroxyl groups is 1. The maximum absolute atomic E-state index is 13.4. The number of hydrogen-bond donors (Lipinski definition) is 1. The number of aryl methyl sites for hydroxylation is 1. The molecule has 1 unspecified atom stereocenters. The van der Waals surface area contributed by atoms with Gasteiger partial charge in [-0.15, -0.1) is 0 Å². The Bertz CT molecular complexity index is 902. The number of likely N-dealkylation sites (tertiary alicyclic amines) is 1. The highest BCUT2D eigenvalue weighted by atomic mass is 19.1. The van der Waals surface area contributed by atoms with E-state index in [0.29, 0.717) is 6.54 Å². The van der Waals surface area contributed by atoms with Crippen LogP contribution in [0.2, 0.25) is 0 Å². The minimum absolute atomic E-state index is 0.252. The summed E-state index contributed by atoms with van der Waals surface area (Å²) >= 11 is 0. The van der Waals surface area contributed by atoms with Crippen molar-refractivity contribution in [2.45, 2.75) is 32.4 Å². The highest BCUT2D eigenvalue weighted by Crippen LogP contribution is 2.26. The summed E-state index contributed by atoms with van der Waals surface area (Å²) < 4.78 is 15.2. The second-order valence-corrected chi connectivity index (χ2v) is 7.32. The molecule has 0 aliphatic carbocycles. The maximum Gasteiger partial charge on any atom is 0.123 e. The Morgan fingerprint density at radius 1 is 1.11 bits per heavy atom. The van der Waals surface area contributed by atoms with E-state index in [-0.39, 0.29) is 11.9 Å². The molecule has 2 heterocycles. The van der Waals surface area contributed by atoms with Gasteiger partial charge in [0.2, 0.25) is 0 Å². The molecule has 2 aromatic carbocycles. The van der Waals surface area contributed by atoms with Gasteiger partial charge in [0, 0.05) is 30.4 Å². The predicted molar refractivity (Wildman–Crippen MR) is 104 cm³/mol. The van der Waals surface area contributed by atoms with Gasteiger partial charge in [0.15, 0.2) is 0 Å². The van der Waals surface area contributed by atoms with Crippen LogP contribution in [0.3, 0.4) is 0 Å². The van der Waals surface area contributed by atoms with Gasteiger partial charge < -0.3 is 5.11 Å². The first-order valence-electron chi connectivity index (χ1n) is 9.40. The fourth-order valence-electron chi connectivity index (χ4n) is 3.62. The fourth-order valence-corrected chi connectivity index (χ4v) is 3.62. The van der Waals surface area contributed by atoms with Crippen LogP contribution < -0.4 is 0 Å². The molecular formula is C22H24FN3O. The summed E-state index contributed by atoms with van der Waals surface area (Å²) in [6, 6.07) is 14.7. The van der Waals surface area contributed by atoms with E-state index >= 15 is 0 Å². The van der Waals surface area contributed by atoms with Crippen molar-refractivity contribution in [3.8, 4) is 16.9 Å². The zero-order valence-electron chi connectivity index (χ0n) is 15.5. The summed E-state index contributed by atoms with van der Waals surface area (Å²) in [6.45, 7) is 4.42. The summed E-state index contributed by atoms with van der Waals surface area (Å²) in [5.41, 5.74) is 5.03. The molecule has 1 saturated heterocycles. The van der Waals surface area contributed by atoms with Crippen LogP contribution >= 0.6 is 0 Å². The minimum Gasteiger partial charge on any atom is -0.392 e. The third-order valence-corrected chi connectivity index (χ3v) is 5.08. The zero-order chi connectivity index (χ0) is 18.8. The summed E-state index contributed by atoms with van der Waals surface area (Å²) in [6.07, 6.45) is 3.65. The second kappa shape index (κ2) is 7.62. The van der Waals surface area contributed by atoms with Gasteiger partial charge in [0.25, 0.3) is 0 Å². The van der Waals surface area contributed by atoms with Crippen LogP contribution in [0.5, 0.6) is 0 Å². The lowest BCUT2D eigenvalue weighted by molar-refractivity contribution is 0.0669. The number of nitrogens with zero attached hydrogens (tertiary/aromatic N) is 3. The largest absolute Gasteiger partial charge is 0.392 e. The Morgan fingerprint density at radius 2 is 1.85 bits per heavy atom. The third kappa shape index (κ3) is 4.10.